The summed E-state index contributed by atoms with van der Waals surface area (Å²) in [6, 6.07) is 3.74. The first-order chi connectivity index (χ1) is 14.1. The molecule has 0 spiro atoms. The Balaban J connectivity index is 1.42. The van der Waals surface area contributed by atoms with Gasteiger partial charge in [0.05, 0.1) is 17.4 Å². The number of thioether (sulfide) groups is 1. The zero-order chi connectivity index (χ0) is 20.0. The van der Waals surface area contributed by atoms with E-state index >= 15 is 0 Å². The van der Waals surface area contributed by atoms with E-state index in [-0.39, 0.29) is 0 Å². The lowest BCUT2D eigenvalue weighted by Gasteiger charge is -2.17. The van der Waals surface area contributed by atoms with Crippen molar-refractivity contribution >= 4 is 39.1 Å². The van der Waals surface area contributed by atoms with E-state index in [1.807, 2.05) is 16.7 Å². The van der Waals surface area contributed by atoms with Crippen LogP contribution in [0.2, 0.25) is 0 Å². The Labute approximate surface area is 176 Å². The third-order valence-corrected chi connectivity index (χ3v) is 7.45. The van der Waals surface area contributed by atoms with Gasteiger partial charge >= 0.3 is 0 Å². The van der Waals surface area contributed by atoms with Gasteiger partial charge in [0, 0.05) is 11.4 Å². The first-order valence-electron chi connectivity index (χ1n) is 9.80. The Morgan fingerprint density at radius 3 is 3.03 bits per heavy atom. The molecule has 0 saturated carbocycles. The smallest absolute Gasteiger partial charge is 0.200 e. The van der Waals surface area contributed by atoms with Crippen LogP contribution in [0.1, 0.15) is 36.5 Å². The molecule has 0 aromatic carbocycles. The number of nitrogens with zero attached hydrogens (tertiary/aromatic N) is 5. The summed E-state index contributed by atoms with van der Waals surface area (Å²) >= 11 is 3.34. The summed E-state index contributed by atoms with van der Waals surface area (Å²) in [5.74, 6) is 4.10. The van der Waals surface area contributed by atoms with Gasteiger partial charge in [0.15, 0.2) is 16.7 Å². The number of hydrogen-bond acceptors (Lipinski definition) is 8. The number of rotatable bonds is 5. The van der Waals surface area contributed by atoms with Crippen LogP contribution in [0.4, 0.5) is 5.82 Å². The molecule has 1 aliphatic carbocycles. The summed E-state index contributed by atoms with van der Waals surface area (Å²) < 4.78 is 7.52. The molecule has 4 aromatic heterocycles. The minimum absolute atomic E-state index is 0.593. The van der Waals surface area contributed by atoms with Crippen molar-refractivity contribution in [3.8, 4) is 11.6 Å². The van der Waals surface area contributed by atoms with Crippen LogP contribution in [0.3, 0.4) is 0 Å². The van der Waals surface area contributed by atoms with Crippen LogP contribution in [0, 0.1) is 5.92 Å². The van der Waals surface area contributed by atoms with E-state index in [4.69, 9.17) is 15.1 Å². The lowest BCUT2D eigenvalue weighted by Crippen LogP contribution is -2.09. The molecule has 0 fully saturated rings. The molecule has 1 atom stereocenters. The molecule has 29 heavy (non-hydrogen) atoms. The van der Waals surface area contributed by atoms with E-state index in [2.05, 4.69) is 29.0 Å². The number of thiophene rings is 1. The summed E-state index contributed by atoms with van der Waals surface area (Å²) in [4.78, 5) is 11.9. The van der Waals surface area contributed by atoms with Crippen molar-refractivity contribution in [3.63, 3.8) is 0 Å². The fourth-order valence-corrected chi connectivity index (χ4v) is 6.15. The van der Waals surface area contributed by atoms with Crippen LogP contribution in [0.25, 0.3) is 21.8 Å². The molecule has 5 rings (SSSR count). The second-order valence-corrected chi connectivity index (χ2v) is 9.40. The predicted octanol–water partition coefficient (Wildman–Crippen LogP) is 4.56. The van der Waals surface area contributed by atoms with E-state index in [0.717, 1.165) is 52.3 Å². The first kappa shape index (κ1) is 18.6. The van der Waals surface area contributed by atoms with Crippen LogP contribution in [-0.2, 0) is 25.1 Å². The van der Waals surface area contributed by atoms with Crippen molar-refractivity contribution in [1.29, 1.82) is 0 Å². The van der Waals surface area contributed by atoms with Gasteiger partial charge < -0.3 is 10.2 Å². The molecule has 1 unspecified atom stereocenters. The standard InChI is InChI=1S/C20H22N6OS2/c1-3-26-18(13-5-4-8-27-13)24-25-20(26)28-10-15-22-17(21)16-12-7-6-11(2)9-14(12)29-19(16)23-15/h4-5,8,11H,3,6-7,9-10H2,1-2H3,(H2,21,22,23). The summed E-state index contributed by atoms with van der Waals surface area (Å²) in [6.07, 6.45) is 5.05. The van der Waals surface area contributed by atoms with Crippen molar-refractivity contribution in [3.05, 3.63) is 34.7 Å². The van der Waals surface area contributed by atoms with Crippen LogP contribution in [0.5, 0.6) is 0 Å². The predicted molar refractivity (Wildman–Crippen MR) is 116 cm³/mol. The Hall–Kier alpha value is -2.39. The van der Waals surface area contributed by atoms with E-state index < -0.39 is 0 Å². The van der Waals surface area contributed by atoms with E-state index in [1.165, 1.54) is 16.9 Å². The average molecular weight is 427 g/mol. The number of nitrogens with two attached hydrogens (primary N) is 1. The fourth-order valence-electron chi connectivity index (χ4n) is 3.88. The molecular formula is C20H22N6OS2. The maximum absolute atomic E-state index is 6.35. The van der Waals surface area contributed by atoms with Gasteiger partial charge in [0.25, 0.3) is 0 Å². The minimum Gasteiger partial charge on any atom is -0.461 e. The molecule has 2 N–H and O–H groups in total. The van der Waals surface area contributed by atoms with Crippen molar-refractivity contribution in [2.24, 2.45) is 5.92 Å². The highest BCUT2D eigenvalue weighted by Crippen LogP contribution is 2.39. The van der Waals surface area contributed by atoms with Gasteiger partial charge in [-0.3, -0.25) is 4.57 Å². The summed E-state index contributed by atoms with van der Waals surface area (Å²) in [6.45, 7) is 5.13. The van der Waals surface area contributed by atoms with E-state index in [1.54, 1.807) is 29.4 Å². The molecule has 0 bridgehead atoms. The van der Waals surface area contributed by atoms with Gasteiger partial charge in [0.2, 0.25) is 0 Å². The Morgan fingerprint density at radius 1 is 1.34 bits per heavy atom. The second kappa shape index (κ2) is 7.46. The lowest BCUT2D eigenvalue weighted by atomic mass is 9.89. The molecule has 0 aliphatic heterocycles. The normalized spacial score (nSPS) is 16.4. The molecular weight excluding hydrogens is 404 g/mol. The number of hydrogen-bond donors (Lipinski definition) is 1. The van der Waals surface area contributed by atoms with E-state index in [9.17, 15) is 0 Å². The molecule has 0 amide bonds. The van der Waals surface area contributed by atoms with Crippen molar-refractivity contribution in [2.45, 2.75) is 50.6 Å². The molecule has 4 heterocycles. The number of aryl methyl sites for hydroxylation is 1. The SMILES string of the molecule is CCn1c(SCc2nc(N)c3c4c(sc3n2)CC(C)CC4)nnc1-c1ccco1. The first-order valence-corrected chi connectivity index (χ1v) is 11.6. The van der Waals surface area contributed by atoms with Gasteiger partial charge in [-0.25, -0.2) is 9.97 Å². The maximum atomic E-state index is 6.35. The molecule has 150 valence electrons. The molecule has 9 heteroatoms. The Bertz CT molecular complexity index is 1160. The second-order valence-electron chi connectivity index (χ2n) is 7.37. The zero-order valence-electron chi connectivity index (χ0n) is 16.4. The highest BCUT2D eigenvalue weighted by Gasteiger charge is 2.23. The van der Waals surface area contributed by atoms with Gasteiger partial charge in [0.1, 0.15) is 16.5 Å². The minimum atomic E-state index is 0.593. The van der Waals surface area contributed by atoms with Crippen molar-refractivity contribution in [1.82, 2.24) is 24.7 Å². The zero-order valence-corrected chi connectivity index (χ0v) is 18.0. The number of anilines is 1. The fraction of sp³-hybridized carbons (Fsp3) is 0.400. The highest BCUT2D eigenvalue weighted by atomic mass is 32.2. The third-order valence-electron chi connectivity index (χ3n) is 5.33. The molecule has 0 saturated heterocycles. The van der Waals surface area contributed by atoms with Crippen LogP contribution < -0.4 is 5.73 Å². The van der Waals surface area contributed by atoms with Crippen molar-refractivity contribution < 1.29 is 4.42 Å². The molecule has 1 aliphatic rings. The van der Waals surface area contributed by atoms with Crippen molar-refractivity contribution in [2.75, 3.05) is 5.73 Å². The Kier molecular flexibility index (Phi) is 4.79. The van der Waals surface area contributed by atoms with Gasteiger partial charge in [-0.2, -0.15) is 0 Å². The monoisotopic (exact) mass is 426 g/mol. The number of fused-ring (bicyclic) bond motifs is 3. The largest absolute Gasteiger partial charge is 0.461 e. The topological polar surface area (TPSA) is 95.7 Å². The third kappa shape index (κ3) is 3.32. The summed E-state index contributed by atoms with van der Waals surface area (Å²) in [5.41, 5.74) is 7.72. The quantitative estimate of drug-likeness (QED) is 0.467. The van der Waals surface area contributed by atoms with Gasteiger partial charge in [-0.15, -0.1) is 21.5 Å². The summed E-state index contributed by atoms with van der Waals surface area (Å²) in [5, 5.41) is 10.5. The van der Waals surface area contributed by atoms with Gasteiger partial charge in [-0.1, -0.05) is 18.7 Å². The number of furan rings is 1. The number of nitrogen functional groups attached to an aromatic ring is 1. The highest BCUT2D eigenvalue weighted by molar-refractivity contribution is 7.98. The number of aromatic nitrogens is 5. The maximum Gasteiger partial charge on any atom is 0.200 e. The van der Waals surface area contributed by atoms with Crippen LogP contribution in [0.15, 0.2) is 28.0 Å². The lowest BCUT2D eigenvalue weighted by molar-refractivity contribution is 0.509. The Morgan fingerprint density at radius 2 is 2.24 bits per heavy atom. The molecule has 7 nitrogen and oxygen atoms in total. The van der Waals surface area contributed by atoms with Gasteiger partial charge in [-0.05, 0) is 49.8 Å². The van der Waals surface area contributed by atoms with Crippen LogP contribution >= 0.6 is 23.1 Å². The average Bonchev–Trinajstić information content (AvgIpc) is 3.43. The van der Waals surface area contributed by atoms with Crippen LogP contribution in [-0.4, -0.2) is 24.7 Å². The molecule has 0 radical (unpaired) electrons. The summed E-state index contributed by atoms with van der Waals surface area (Å²) in [7, 11) is 0. The van der Waals surface area contributed by atoms with E-state index in [0.29, 0.717) is 17.3 Å². The molecule has 4 aromatic rings.